The SMILES string of the molecule is O=S(=O)(NCCCNc1nccc(-c2c(-c3ccc(F)c(O)c3)nc3occn23)n1)c1ccc(C(F)(F)F)cc1. The van der Waals surface area contributed by atoms with Crippen LogP contribution in [0.1, 0.15) is 12.0 Å². The van der Waals surface area contributed by atoms with E-state index in [1.165, 1.54) is 24.6 Å². The summed E-state index contributed by atoms with van der Waals surface area (Å²) >= 11 is 0. The van der Waals surface area contributed by atoms with Gasteiger partial charge in [-0.05, 0) is 55.0 Å². The maximum Gasteiger partial charge on any atom is 0.416 e. The van der Waals surface area contributed by atoms with Crippen LogP contribution in [-0.2, 0) is 16.2 Å². The Morgan fingerprint density at radius 3 is 2.52 bits per heavy atom. The van der Waals surface area contributed by atoms with Gasteiger partial charge in [0.15, 0.2) is 11.6 Å². The maximum atomic E-state index is 13.6. The molecule has 3 aromatic heterocycles. The fourth-order valence-corrected chi connectivity index (χ4v) is 4.94. The lowest BCUT2D eigenvalue weighted by molar-refractivity contribution is -0.137. The van der Waals surface area contributed by atoms with Gasteiger partial charge >= 0.3 is 12.0 Å². The van der Waals surface area contributed by atoms with Gasteiger partial charge in [-0.1, -0.05) is 0 Å². The van der Waals surface area contributed by atoms with E-state index in [-0.39, 0.29) is 29.8 Å². The number of nitrogens with one attached hydrogen (secondary N) is 2. The largest absolute Gasteiger partial charge is 0.505 e. The lowest BCUT2D eigenvalue weighted by Crippen LogP contribution is -2.26. The summed E-state index contributed by atoms with van der Waals surface area (Å²) in [6.07, 6.45) is 0.316. The van der Waals surface area contributed by atoms with E-state index in [1.54, 1.807) is 16.7 Å². The quantitative estimate of drug-likeness (QED) is 0.170. The minimum atomic E-state index is -4.56. The van der Waals surface area contributed by atoms with Gasteiger partial charge in [0.25, 0.3) is 0 Å². The molecule has 40 heavy (non-hydrogen) atoms. The van der Waals surface area contributed by atoms with Crippen LogP contribution in [0.15, 0.2) is 76.5 Å². The third-order valence-electron chi connectivity index (χ3n) is 5.80. The second-order valence-electron chi connectivity index (χ2n) is 8.50. The Balaban J connectivity index is 1.25. The fraction of sp³-hybridized carbons (Fsp3) is 0.160. The number of nitrogens with zero attached hydrogens (tertiary/aromatic N) is 4. The zero-order chi connectivity index (χ0) is 28.5. The number of sulfonamides is 1. The van der Waals surface area contributed by atoms with Gasteiger partial charge in [-0.25, -0.2) is 27.5 Å². The average molecular weight is 577 g/mol. The number of anilines is 1. The zero-order valence-electron chi connectivity index (χ0n) is 20.4. The third kappa shape index (κ3) is 5.60. The molecule has 5 rings (SSSR count). The van der Waals surface area contributed by atoms with Crippen LogP contribution in [0.4, 0.5) is 23.5 Å². The highest BCUT2D eigenvalue weighted by Gasteiger charge is 2.30. The number of rotatable bonds is 9. The maximum absolute atomic E-state index is 13.6. The molecule has 0 saturated carbocycles. The average Bonchev–Trinajstić information content (AvgIpc) is 3.51. The molecule has 0 atom stereocenters. The Hall–Kier alpha value is -4.50. The highest BCUT2D eigenvalue weighted by Crippen LogP contribution is 2.34. The van der Waals surface area contributed by atoms with Crippen LogP contribution in [0.3, 0.4) is 0 Å². The smallest absolute Gasteiger partial charge is 0.416 e. The van der Waals surface area contributed by atoms with E-state index in [2.05, 4.69) is 25.0 Å². The molecule has 208 valence electrons. The standard InChI is InChI=1S/C25H20F4N6O4S/c26-18-7-2-15(14-20(18)36)21-22(35-12-13-39-24(35)34-21)19-8-11-31-23(33-19)30-9-1-10-32-40(37,38)17-5-3-16(4-6-17)25(27,28)29/h2-8,11-14,32,36H,1,9-10H2,(H,30,31,33). The van der Waals surface area contributed by atoms with Crippen molar-refractivity contribution in [3.05, 3.63) is 78.6 Å². The van der Waals surface area contributed by atoms with Crippen molar-refractivity contribution in [1.82, 2.24) is 24.1 Å². The molecule has 0 radical (unpaired) electrons. The van der Waals surface area contributed by atoms with Crippen LogP contribution in [0.2, 0.25) is 0 Å². The highest BCUT2D eigenvalue weighted by molar-refractivity contribution is 7.89. The summed E-state index contributed by atoms with van der Waals surface area (Å²) in [6, 6.07) is 8.68. The molecule has 0 aliphatic rings. The number of fused-ring (bicyclic) bond motifs is 1. The molecule has 0 amide bonds. The molecule has 0 saturated heterocycles. The minimum Gasteiger partial charge on any atom is -0.505 e. The van der Waals surface area contributed by atoms with Gasteiger partial charge in [-0.3, -0.25) is 4.40 Å². The van der Waals surface area contributed by atoms with Gasteiger partial charge in [-0.2, -0.15) is 18.2 Å². The van der Waals surface area contributed by atoms with Crippen molar-refractivity contribution in [2.45, 2.75) is 17.5 Å². The normalized spacial score (nSPS) is 12.2. The van der Waals surface area contributed by atoms with Gasteiger partial charge in [0.05, 0.1) is 16.2 Å². The van der Waals surface area contributed by atoms with E-state index >= 15 is 0 Å². The second-order valence-corrected chi connectivity index (χ2v) is 10.3. The molecule has 0 fully saturated rings. The summed E-state index contributed by atoms with van der Waals surface area (Å²) in [5.74, 6) is -0.827. The van der Waals surface area contributed by atoms with Crippen molar-refractivity contribution in [1.29, 1.82) is 0 Å². The predicted octanol–water partition coefficient (Wildman–Crippen LogP) is 4.70. The highest BCUT2D eigenvalue weighted by atomic mass is 32.2. The van der Waals surface area contributed by atoms with Crippen LogP contribution in [0.5, 0.6) is 5.75 Å². The zero-order valence-corrected chi connectivity index (χ0v) is 21.2. The molecule has 15 heteroatoms. The summed E-state index contributed by atoms with van der Waals surface area (Å²) in [5, 5.41) is 12.8. The van der Waals surface area contributed by atoms with E-state index in [1.807, 2.05) is 0 Å². The molecule has 2 aromatic carbocycles. The third-order valence-corrected chi connectivity index (χ3v) is 7.28. The molecule has 0 aliphatic carbocycles. The number of benzene rings is 2. The van der Waals surface area contributed by atoms with Gasteiger partial charge in [0.2, 0.25) is 16.0 Å². The second kappa shape index (κ2) is 10.6. The monoisotopic (exact) mass is 576 g/mol. The van der Waals surface area contributed by atoms with Crippen LogP contribution >= 0.6 is 0 Å². The lowest BCUT2D eigenvalue weighted by atomic mass is 10.1. The summed E-state index contributed by atoms with van der Waals surface area (Å²) in [5.41, 5.74) is 0.821. The minimum absolute atomic E-state index is 0.00647. The topological polar surface area (TPSA) is 135 Å². The fourth-order valence-electron chi connectivity index (χ4n) is 3.87. The number of imidazole rings is 1. The first kappa shape index (κ1) is 27.1. The Morgan fingerprint density at radius 2 is 1.80 bits per heavy atom. The number of aromatic nitrogens is 4. The Labute approximate surface area is 224 Å². The van der Waals surface area contributed by atoms with Crippen LogP contribution < -0.4 is 10.0 Å². The van der Waals surface area contributed by atoms with E-state index in [0.717, 1.165) is 18.2 Å². The number of oxazole rings is 1. The molecule has 0 unspecified atom stereocenters. The molecule has 5 aromatic rings. The molecule has 10 nitrogen and oxygen atoms in total. The molecule has 3 N–H and O–H groups in total. The number of halogens is 4. The van der Waals surface area contributed by atoms with Crippen molar-refractivity contribution in [3.8, 4) is 28.4 Å². The number of hydrogen-bond donors (Lipinski definition) is 3. The van der Waals surface area contributed by atoms with Crippen molar-refractivity contribution in [3.63, 3.8) is 0 Å². The molecule has 0 aliphatic heterocycles. The Morgan fingerprint density at radius 1 is 1.02 bits per heavy atom. The van der Waals surface area contributed by atoms with Crippen molar-refractivity contribution in [2.75, 3.05) is 18.4 Å². The van der Waals surface area contributed by atoms with E-state index in [4.69, 9.17) is 4.42 Å². The van der Waals surface area contributed by atoms with E-state index < -0.39 is 33.3 Å². The lowest BCUT2D eigenvalue weighted by Gasteiger charge is -2.10. The molecular weight excluding hydrogens is 556 g/mol. The van der Waals surface area contributed by atoms with Crippen molar-refractivity contribution < 1.29 is 35.5 Å². The number of aromatic hydroxyl groups is 1. The van der Waals surface area contributed by atoms with Crippen LogP contribution in [0.25, 0.3) is 28.5 Å². The van der Waals surface area contributed by atoms with Gasteiger partial charge in [-0.15, -0.1) is 0 Å². The van der Waals surface area contributed by atoms with E-state index in [9.17, 15) is 31.1 Å². The first-order valence-corrected chi connectivity index (χ1v) is 13.2. The number of phenols is 1. The summed E-state index contributed by atoms with van der Waals surface area (Å²) in [7, 11) is -3.99. The first-order chi connectivity index (χ1) is 19.0. The predicted molar refractivity (Wildman–Crippen MR) is 135 cm³/mol. The summed E-state index contributed by atoms with van der Waals surface area (Å²) in [6.45, 7) is 0.276. The first-order valence-electron chi connectivity index (χ1n) is 11.7. The van der Waals surface area contributed by atoms with Gasteiger partial charge in [0, 0.05) is 31.0 Å². The Kier molecular flexibility index (Phi) is 7.16. The van der Waals surface area contributed by atoms with Crippen molar-refractivity contribution >= 4 is 21.8 Å². The number of phenolic OH excluding ortho intramolecular Hbond substituents is 1. The van der Waals surface area contributed by atoms with Gasteiger partial charge in [0.1, 0.15) is 17.7 Å². The summed E-state index contributed by atoms with van der Waals surface area (Å²) < 4.78 is 85.9. The molecule has 0 bridgehead atoms. The summed E-state index contributed by atoms with van der Waals surface area (Å²) in [4.78, 5) is 12.8. The Bertz CT molecular complexity index is 1770. The van der Waals surface area contributed by atoms with Crippen LogP contribution in [-0.4, -0.2) is 46.0 Å². The van der Waals surface area contributed by atoms with Crippen molar-refractivity contribution in [2.24, 2.45) is 0 Å². The molecule has 0 spiro atoms. The number of alkyl halides is 3. The van der Waals surface area contributed by atoms with E-state index in [0.29, 0.717) is 41.2 Å². The molecule has 3 heterocycles. The van der Waals surface area contributed by atoms with Gasteiger partial charge < -0.3 is 14.8 Å². The number of hydrogen-bond acceptors (Lipinski definition) is 8. The van der Waals surface area contributed by atoms with Crippen LogP contribution in [0, 0.1) is 5.82 Å². The molecular formula is C25H20F4N6O4S.